The van der Waals surface area contributed by atoms with Crippen molar-refractivity contribution in [3.05, 3.63) is 70.4 Å². The molecule has 0 radical (unpaired) electrons. The highest BCUT2D eigenvalue weighted by atomic mass is 32.1. The third-order valence-corrected chi connectivity index (χ3v) is 6.21. The van der Waals surface area contributed by atoms with Gasteiger partial charge in [-0.3, -0.25) is 9.78 Å². The molecule has 2 heterocycles. The van der Waals surface area contributed by atoms with Crippen molar-refractivity contribution < 1.29 is 4.79 Å². The maximum absolute atomic E-state index is 11.5. The number of thiazole rings is 1. The lowest BCUT2D eigenvalue weighted by Crippen LogP contribution is -2.11. The highest BCUT2D eigenvalue weighted by molar-refractivity contribution is 7.13. The van der Waals surface area contributed by atoms with E-state index in [9.17, 15) is 4.79 Å². The van der Waals surface area contributed by atoms with Crippen molar-refractivity contribution in [1.82, 2.24) is 9.97 Å². The zero-order valence-electron chi connectivity index (χ0n) is 18.0. The minimum atomic E-state index is -0.519. The van der Waals surface area contributed by atoms with E-state index < -0.39 is 5.91 Å². The first kappa shape index (κ1) is 21.2. The molecule has 4 rings (SSSR count). The van der Waals surface area contributed by atoms with Crippen LogP contribution in [-0.4, -0.2) is 15.9 Å². The van der Waals surface area contributed by atoms with E-state index in [2.05, 4.69) is 56.1 Å². The van der Waals surface area contributed by atoms with Crippen LogP contribution in [0.3, 0.4) is 0 Å². The van der Waals surface area contributed by atoms with Gasteiger partial charge in [0.1, 0.15) is 10.7 Å². The van der Waals surface area contributed by atoms with Crippen LogP contribution in [0.2, 0.25) is 0 Å². The molecule has 0 aliphatic rings. The molecular weight excluding hydrogens is 404 g/mol. The van der Waals surface area contributed by atoms with E-state index in [1.54, 1.807) is 5.38 Å². The number of hydrogen-bond donors (Lipinski definition) is 2. The van der Waals surface area contributed by atoms with Gasteiger partial charge in [-0.2, -0.15) is 0 Å². The summed E-state index contributed by atoms with van der Waals surface area (Å²) >= 11 is 1.41. The number of aryl methyl sites for hydroxylation is 1. The Bertz CT molecular complexity index is 1260. The van der Waals surface area contributed by atoms with Crippen LogP contribution < -0.4 is 11.5 Å². The largest absolute Gasteiger partial charge is 0.364 e. The lowest BCUT2D eigenvalue weighted by atomic mass is 9.90. The summed E-state index contributed by atoms with van der Waals surface area (Å²) < 4.78 is 0. The maximum atomic E-state index is 11.5. The predicted octanol–water partition coefficient (Wildman–Crippen LogP) is 5.09. The molecule has 0 fully saturated rings. The number of aromatic nitrogens is 2. The van der Waals surface area contributed by atoms with Gasteiger partial charge in [-0.25, -0.2) is 4.98 Å². The molecule has 4 aromatic rings. The minimum Gasteiger partial charge on any atom is -0.364 e. The van der Waals surface area contributed by atoms with Crippen molar-refractivity contribution >= 4 is 28.1 Å². The number of primary amides is 1. The molecule has 5 nitrogen and oxygen atoms in total. The van der Waals surface area contributed by atoms with Crippen LogP contribution in [0, 0.1) is 12.8 Å². The van der Waals surface area contributed by atoms with Crippen LogP contribution in [0.25, 0.3) is 32.6 Å². The number of carbonyl (C=O) groups is 1. The molecule has 1 amide bonds. The molecule has 158 valence electrons. The summed E-state index contributed by atoms with van der Waals surface area (Å²) in [6.45, 7) is 6.89. The number of rotatable bonds is 6. The lowest BCUT2D eigenvalue weighted by molar-refractivity contribution is 0.0996. The summed E-state index contributed by atoms with van der Waals surface area (Å²) in [5.74, 6) is -0.0445. The summed E-state index contributed by atoms with van der Waals surface area (Å²) in [4.78, 5) is 20.9. The van der Waals surface area contributed by atoms with E-state index in [0.29, 0.717) is 12.5 Å². The number of nitrogens with zero attached hydrogens (tertiary/aromatic N) is 2. The van der Waals surface area contributed by atoms with E-state index >= 15 is 0 Å². The van der Waals surface area contributed by atoms with Crippen molar-refractivity contribution in [3.8, 4) is 21.7 Å². The molecule has 0 bridgehead atoms. The summed E-state index contributed by atoms with van der Waals surface area (Å²) in [6.07, 6.45) is 0.873. The Kier molecular flexibility index (Phi) is 5.85. The predicted molar refractivity (Wildman–Crippen MR) is 128 cm³/mol. The normalized spacial score (nSPS) is 11.4. The number of fused-ring (bicyclic) bond motifs is 1. The molecule has 0 aliphatic carbocycles. The van der Waals surface area contributed by atoms with Crippen molar-refractivity contribution in [2.45, 2.75) is 33.7 Å². The third-order valence-electron chi connectivity index (χ3n) is 5.32. The minimum absolute atomic E-state index is 0.284. The molecule has 0 saturated heterocycles. The quantitative estimate of drug-likeness (QED) is 0.445. The smallest absolute Gasteiger partial charge is 0.268 e. The molecule has 6 heteroatoms. The molecule has 2 aromatic heterocycles. The monoisotopic (exact) mass is 430 g/mol. The Labute approximate surface area is 186 Å². The highest BCUT2D eigenvalue weighted by Crippen LogP contribution is 2.36. The van der Waals surface area contributed by atoms with Crippen molar-refractivity contribution in [2.24, 2.45) is 17.4 Å². The first-order valence-corrected chi connectivity index (χ1v) is 11.2. The van der Waals surface area contributed by atoms with Crippen LogP contribution in [-0.2, 0) is 13.0 Å². The number of hydrogen-bond acceptors (Lipinski definition) is 5. The number of pyridine rings is 1. The van der Waals surface area contributed by atoms with Gasteiger partial charge in [-0.15, -0.1) is 11.3 Å². The Hall–Kier alpha value is -3.09. The van der Waals surface area contributed by atoms with Gasteiger partial charge < -0.3 is 11.5 Å². The molecule has 2 aromatic carbocycles. The van der Waals surface area contributed by atoms with Crippen molar-refractivity contribution in [3.63, 3.8) is 0 Å². The van der Waals surface area contributed by atoms with E-state index in [-0.39, 0.29) is 5.69 Å². The average molecular weight is 431 g/mol. The zero-order chi connectivity index (χ0) is 22.1. The Morgan fingerprint density at radius 1 is 1.06 bits per heavy atom. The van der Waals surface area contributed by atoms with Gasteiger partial charge in [0.15, 0.2) is 0 Å². The number of carbonyl (C=O) groups excluding carboxylic acids is 1. The SMILES string of the molecule is Cc1ccc(-c2c(CN)c(CC(C)C)nc3ccc(-c4nc(C(N)=O)cs4)cc23)cc1. The van der Waals surface area contributed by atoms with Crippen LogP contribution in [0.1, 0.15) is 41.2 Å². The fraction of sp³-hybridized carbons (Fsp3) is 0.240. The Balaban J connectivity index is 1.99. The van der Waals surface area contributed by atoms with E-state index in [1.165, 1.54) is 16.9 Å². The number of benzene rings is 2. The van der Waals surface area contributed by atoms with Crippen LogP contribution in [0.5, 0.6) is 0 Å². The van der Waals surface area contributed by atoms with Crippen molar-refractivity contribution in [2.75, 3.05) is 0 Å². The first-order chi connectivity index (χ1) is 14.9. The third kappa shape index (κ3) is 4.22. The fourth-order valence-electron chi connectivity index (χ4n) is 3.83. The zero-order valence-corrected chi connectivity index (χ0v) is 18.8. The second kappa shape index (κ2) is 8.57. The van der Waals surface area contributed by atoms with Crippen LogP contribution >= 0.6 is 11.3 Å². The Morgan fingerprint density at radius 3 is 2.39 bits per heavy atom. The van der Waals surface area contributed by atoms with E-state index in [4.69, 9.17) is 16.5 Å². The standard InChI is InChI=1S/C25H26N4OS/c1-14(2)10-21-19(12-26)23(16-6-4-15(3)5-7-16)18-11-17(8-9-20(18)28-21)25-29-22(13-31-25)24(27)30/h4-9,11,13-14H,10,12,26H2,1-3H3,(H2,27,30). The molecule has 0 aliphatic heterocycles. The van der Waals surface area contributed by atoms with Gasteiger partial charge in [0.25, 0.3) is 5.91 Å². The molecule has 4 N–H and O–H groups in total. The summed E-state index contributed by atoms with van der Waals surface area (Å²) in [5, 5.41) is 3.48. The number of amides is 1. The molecule has 0 unspecified atom stereocenters. The second-order valence-corrected chi connectivity index (χ2v) is 9.07. The van der Waals surface area contributed by atoms with Gasteiger partial charge in [0.05, 0.1) is 5.52 Å². The topological polar surface area (TPSA) is 94.9 Å². The molecule has 0 spiro atoms. The second-order valence-electron chi connectivity index (χ2n) is 8.21. The van der Waals surface area contributed by atoms with Gasteiger partial charge in [-0.05, 0) is 54.2 Å². The van der Waals surface area contributed by atoms with Gasteiger partial charge in [0, 0.05) is 28.6 Å². The van der Waals surface area contributed by atoms with Gasteiger partial charge in [-0.1, -0.05) is 43.7 Å². The van der Waals surface area contributed by atoms with Gasteiger partial charge in [0.2, 0.25) is 0 Å². The highest BCUT2D eigenvalue weighted by Gasteiger charge is 2.18. The van der Waals surface area contributed by atoms with E-state index in [0.717, 1.165) is 50.3 Å². The molecule has 31 heavy (non-hydrogen) atoms. The maximum Gasteiger partial charge on any atom is 0.268 e. The molecular formula is C25H26N4OS. The summed E-state index contributed by atoms with van der Waals surface area (Å²) in [6, 6.07) is 14.6. The summed E-state index contributed by atoms with van der Waals surface area (Å²) in [7, 11) is 0. The first-order valence-electron chi connectivity index (χ1n) is 10.4. The summed E-state index contributed by atoms with van der Waals surface area (Å²) in [5.41, 5.74) is 19.4. The van der Waals surface area contributed by atoms with E-state index in [1.807, 2.05) is 12.1 Å². The molecule has 0 atom stereocenters. The molecule has 0 saturated carbocycles. The van der Waals surface area contributed by atoms with Gasteiger partial charge >= 0.3 is 0 Å². The van der Waals surface area contributed by atoms with Crippen molar-refractivity contribution in [1.29, 1.82) is 0 Å². The Morgan fingerprint density at radius 2 is 1.77 bits per heavy atom. The van der Waals surface area contributed by atoms with Crippen LogP contribution in [0.4, 0.5) is 0 Å². The fourth-order valence-corrected chi connectivity index (χ4v) is 4.64. The lowest BCUT2D eigenvalue weighted by Gasteiger charge is -2.18. The number of nitrogens with two attached hydrogens (primary N) is 2. The van der Waals surface area contributed by atoms with Crippen LogP contribution in [0.15, 0.2) is 47.8 Å². The average Bonchev–Trinajstić information content (AvgIpc) is 3.23.